The molecule has 0 amide bonds. The molecule has 0 atom stereocenters. The first kappa shape index (κ1) is 10.4. The van der Waals surface area contributed by atoms with Gasteiger partial charge in [-0.25, -0.2) is 15.0 Å². The summed E-state index contributed by atoms with van der Waals surface area (Å²) < 4.78 is 0. The van der Waals surface area contributed by atoms with Crippen LogP contribution in [0.2, 0.25) is 0 Å². The number of hydrogen-bond donors (Lipinski definition) is 1. The number of nitrogens with one attached hydrogen (secondary N) is 1. The van der Waals surface area contributed by atoms with Gasteiger partial charge in [0.15, 0.2) is 5.65 Å². The highest BCUT2D eigenvalue weighted by Crippen LogP contribution is 2.28. The molecule has 17 heavy (non-hydrogen) atoms. The van der Waals surface area contributed by atoms with Crippen molar-refractivity contribution in [3.05, 3.63) is 29.3 Å². The fourth-order valence-corrected chi connectivity index (χ4v) is 2.77. The topological polar surface area (TPSA) is 54.5 Å². The first-order chi connectivity index (χ1) is 8.28. The molecule has 5 heteroatoms. The second-order valence-corrected chi connectivity index (χ2v) is 4.75. The Balaban J connectivity index is 2.17. The van der Waals surface area contributed by atoms with Crippen molar-refractivity contribution in [1.29, 1.82) is 0 Å². The highest BCUT2D eigenvalue weighted by Gasteiger charge is 2.09. The largest absolute Gasteiger partial charge is 0.341 e. The molecular formula is C12H12N4S. The van der Waals surface area contributed by atoms with Gasteiger partial charge in [-0.3, -0.25) is 0 Å². The Morgan fingerprint density at radius 2 is 2.24 bits per heavy atom. The second kappa shape index (κ2) is 3.92. The van der Waals surface area contributed by atoms with E-state index >= 15 is 0 Å². The molecule has 0 fully saturated rings. The molecule has 0 aliphatic rings. The van der Waals surface area contributed by atoms with Crippen molar-refractivity contribution >= 4 is 22.5 Å². The van der Waals surface area contributed by atoms with Gasteiger partial charge in [-0.05, 0) is 19.4 Å². The highest BCUT2D eigenvalue weighted by molar-refractivity contribution is 7.13. The minimum absolute atomic E-state index is 0.772. The normalized spacial score (nSPS) is 11.2. The molecule has 0 radical (unpaired) electrons. The molecule has 3 aromatic rings. The summed E-state index contributed by atoms with van der Waals surface area (Å²) in [5, 5.41) is 0. The molecule has 0 aliphatic carbocycles. The fraction of sp³-hybridized carbons (Fsp3) is 0.250. The Labute approximate surface area is 103 Å². The van der Waals surface area contributed by atoms with Crippen LogP contribution in [0.15, 0.2) is 17.8 Å². The van der Waals surface area contributed by atoms with Crippen LogP contribution in [0, 0.1) is 6.92 Å². The van der Waals surface area contributed by atoms with E-state index in [0.29, 0.717) is 0 Å². The number of rotatable bonds is 2. The molecule has 0 bridgehead atoms. The van der Waals surface area contributed by atoms with Crippen LogP contribution in [-0.2, 0) is 6.42 Å². The van der Waals surface area contributed by atoms with Crippen molar-refractivity contribution in [3.8, 4) is 10.4 Å². The number of nitrogens with zero attached hydrogens (tertiary/aromatic N) is 3. The van der Waals surface area contributed by atoms with Crippen LogP contribution < -0.4 is 0 Å². The third-order valence-electron chi connectivity index (χ3n) is 2.69. The summed E-state index contributed by atoms with van der Waals surface area (Å²) in [5.74, 6) is 0.893. The van der Waals surface area contributed by atoms with Gasteiger partial charge >= 0.3 is 0 Å². The number of aromatic amines is 1. The smallest absolute Gasteiger partial charge is 0.177 e. The van der Waals surface area contributed by atoms with E-state index in [2.05, 4.69) is 32.9 Å². The van der Waals surface area contributed by atoms with Gasteiger partial charge < -0.3 is 4.98 Å². The van der Waals surface area contributed by atoms with Gasteiger partial charge in [0.2, 0.25) is 0 Å². The van der Waals surface area contributed by atoms with E-state index in [1.165, 1.54) is 4.88 Å². The molecule has 1 N–H and O–H groups in total. The molecule has 0 aliphatic heterocycles. The lowest BCUT2D eigenvalue weighted by Crippen LogP contribution is -1.85. The van der Waals surface area contributed by atoms with Crippen molar-refractivity contribution in [2.45, 2.75) is 20.3 Å². The van der Waals surface area contributed by atoms with Crippen LogP contribution >= 0.6 is 11.3 Å². The maximum atomic E-state index is 4.37. The number of H-pyrrole nitrogens is 1. The zero-order chi connectivity index (χ0) is 11.8. The summed E-state index contributed by atoms with van der Waals surface area (Å²) in [5.41, 5.74) is 5.88. The van der Waals surface area contributed by atoms with E-state index in [-0.39, 0.29) is 0 Å². The molecular weight excluding hydrogens is 232 g/mol. The van der Waals surface area contributed by atoms with E-state index in [0.717, 1.165) is 34.7 Å². The molecule has 0 saturated carbocycles. The summed E-state index contributed by atoms with van der Waals surface area (Å²) in [6.07, 6.45) is 2.81. The molecule has 3 heterocycles. The van der Waals surface area contributed by atoms with Gasteiger partial charge in [-0.15, -0.1) is 11.3 Å². The number of fused-ring (bicyclic) bond motifs is 1. The van der Waals surface area contributed by atoms with Crippen LogP contribution in [-0.4, -0.2) is 19.9 Å². The molecule has 86 valence electrons. The molecule has 4 nitrogen and oxygen atoms in total. The van der Waals surface area contributed by atoms with Gasteiger partial charge in [0.25, 0.3) is 0 Å². The lowest BCUT2D eigenvalue weighted by atomic mass is 10.2. The molecule has 3 rings (SSSR count). The zero-order valence-corrected chi connectivity index (χ0v) is 10.5. The fourth-order valence-electron chi connectivity index (χ4n) is 1.90. The van der Waals surface area contributed by atoms with Crippen molar-refractivity contribution < 1.29 is 0 Å². The third kappa shape index (κ3) is 1.72. The summed E-state index contributed by atoms with van der Waals surface area (Å²) >= 11 is 1.66. The van der Waals surface area contributed by atoms with Crippen molar-refractivity contribution in [2.75, 3.05) is 0 Å². The van der Waals surface area contributed by atoms with Crippen LogP contribution in [0.4, 0.5) is 0 Å². The summed E-state index contributed by atoms with van der Waals surface area (Å²) in [4.78, 5) is 17.4. The Morgan fingerprint density at radius 3 is 3.06 bits per heavy atom. The van der Waals surface area contributed by atoms with Crippen LogP contribution in [0.1, 0.15) is 18.4 Å². The molecule has 0 saturated heterocycles. The maximum absolute atomic E-state index is 4.37. The Bertz CT molecular complexity index is 668. The van der Waals surface area contributed by atoms with E-state index in [1.807, 2.05) is 18.6 Å². The Kier molecular flexibility index (Phi) is 2.40. The van der Waals surface area contributed by atoms with Crippen molar-refractivity contribution in [2.24, 2.45) is 0 Å². The first-order valence-corrected chi connectivity index (χ1v) is 6.41. The number of hydrogen-bond acceptors (Lipinski definition) is 4. The average molecular weight is 244 g/mol. The summed E-state index contributed by atoms with van der Waals surface area (Å²) in [7, 11) is 0. The minimum Gasteiger partial charge on any atom is -0.341 e. The number of aromatic nitrogens is 4. The number of pyridine rings is 1. The minimum atomic E-state index is 0.772. The van der Waals surface area contributed by atoms with Crippen LogP contribution in [0.3, 0.4) is 0 Å². The molecule has 0 unspecified atom stereocenters. The first-order valence-electron chi connectivity index (χ1n) is 5.53. The third-order valence-corrected chi connectivity index (χ3v) is 3.61. The SMILES string of the molecule is CCc1ncsc1-c1cnc2nc(C)[nH]c2c1. The summed E-state index contributed by atoms with van der Waals surface area (Å²) in [6.45, 7) is 4.05. The monoisotopic (exact) mass is 244 g/mol. The van der Waals surface area contributed by atoms with Crippen molar-refractivity contribution in [3.63, 3.8) is 0 Å². The number of aryl methyl sites for hydroxylation is 2. The Morgan fingerprint density at radius 1 is 1.35 bits per heavy atom. The second-order valence-electron chi connectivity index (χ2n) is 3.90. The van der Waals surface area contributed by atoms with E-state index in [1.54, 1.807) is 11.3 Å². The van der Waals surface area contributed by atoms with Crippen LogP contribution in [0.5, 0.6) is 0 Å². The van der Waals surface area contributed by atoms with Gasteiger partial charge in [-0.2, -0.15) is 0 Å². The van der Waals surface area contributed by atoms with E-state index in [9.17, 15) is 0 Å². The molecule has 3 aromatic heterocycles. The van der Waals surface area contributed by atoms with Gasteiger partial charge in [0.1, 0.15) is 5.82 Å². The Hall–Kier alpha value is -1.75. The van der Waals surface area contributed by atoms with Gasteiger partial charge in [-0.1, -0.05) is 6.92 Å². The van der Waals surface area contributed by atoms with E-state index in [4.69, 9.17) is 0 Å². The summed E-state index contributed by atoms with van der Waals surface area (Å²) in [6, 6.07) is 2.09. The highest BCUT2D eigenvalue weighted by atomic mass is 32.1. The van der Waals surface area contributed by atoms with Gasteiger partial charge in [0.05, 0.1) is 21.6 Å². The zero-order valence-electron chi connectivity index (χ0n) is 9.69. The molecule has 0 aromatic carbocycles. The number of imidazole rings is 1. The predicted molar refractivity (Wildman–Crippen MR) is 69.1 cm³/mol. The van der Waals surface area contributed by atoms with Gasteiger partial charge in [0, 0.05) is 11.8 Å². The molecule has 0 spiro atoms. The number of thiazole rings is 1. The lowest BCUT2D eigenvalue weighted by molar-refractivity contribution is 1.07. The van der Waals surface area contributed by atoms with E-state index < -0.39 is 0 Å². The standard InChI is InChI=1S/C12H12N4S/c1-3-9-11(17-6-14-9)8-4-10-12(13-5-8)16-7(2)15-10/h4-6H,3H2,1-2H3,(H,13,15,16). The predicted octanol–water partition coefficient (Wildman–Crippen LogP) is 2.95. The van der Waals surface area contributed by atoms with Crippen molar-refractivity contribution in [1.82, 2.24) is 19.9 Å². The average Bonchev–Trinajstić information content (AvgIpc) is 2.91. The maximum Gasteiger partial charge on any atom is 0.177 e. The lowest BCUT2D eigenvalue weighted by Gasteiger charge is -1.99. The van der Waals surface area contributed by atoms with Crippen LogP contribution in [0.25, 0.3) is 21.6 Å². The quantitative estimate of drug-likeness (QED) is 0.754.